The molecular weight excluding hydrogens is 356 g/mol. The lowest BCUT2D eigenvalue weighted by atomic mass is 10.1. The van der Waals surface area contributed by atoms with Crippen LogP contribution in [0.5, 0.6) is 0 Å². The van der Waals surface area contributed by atoms with E-state index in [0.29, 0.717) is 41.8 Å². The van der Waals surface area contributed by atoms with Crippen LogP contribution in [0.2, 0.25) is 0 Å². The second-order valence-corrected chi connectivity index (χ2v) is 7.85. The third-order valence-corrected chi connectivity index (χ3v) is 6.03. The second-order valence-electron chi connectivity index (χ2n) is 5.03. The average molecular weight is 375 g/mol. The molecule has 5 nitrogen and oxygen atoms in total. The molecular formula is C14H19BrN2O3S. The van der Waals surface area contributed by atoms with Crippen molar-refractivity contribution in [1.82, 2.24) is 4.31 Å². The lowest BCUT2D eigenvalue weighted by molar-refractivity contribution is 0.219. The highest BCUT2D eigenvalue weighted by Gasteiger charge is 2.28. The molecule has 2 rings (SSSR count). The van der Waals surface area contributed by atoms with Gasteiger partial charge in [0, 0.05) is 30.4 Å². The van der Waals surface area contributed by atoms with Crippen LogP contribution < -0.4 is 5.73 Å². The van der Waals surface area contributed by atoms with E-state index in [1.807, 2.05) is 6.08 Å². The van der Waals surface area contributed by atoms with Gasteiger partial charge in [-0.3, -0.25) is 0 Å². The Labute approximate surface area is 133 Å². The first kappa shape index (κ1) is 16.5. The van der Waals surface area contributed by atoms with Crippen LogP contribution >= 0.6 is 15.9 Å². The Morgan fingerprint density at radius 1 is 1.43 bits per heavy atom. The summed E-state index contributed by atoms with van der Waals surface area (Å²) in [6.45, 7) is 3.11. The summed E-state index contributed by atoms with van der Waals surface area (Å²) < 4.78 is 32.7. The highest BCUT2D eigenvalue weighted by atomic mass is 79.9. The minimum Gasteiger partial charge on any atom is -0.398 e. The van der Waals surface area contributed by atoms with E-state index >= 15 is 0 Å². The number of hydrogen-bond donors (Lipinski definition) is 1. The molecule has 0 unspecified atom stereocenters. The maximum atomic E-state index is 12.8. The Morgan fingerprint density at radius 3 is 2.71 bits per heavy atom. The van der Waals surface area contributed by atoms with Crippen molar-refractivity contribution in [3.05, 3.63) is 33.8 Å². The summed E-state index contributed by atoms with van der Waals surface area (Å²) in [5.74, 6) is 0. The third kappa shape index (κ3) is 3.48. The van der Waals surface area contributed by atoms with Crippen LogP contribution in [0.25, 0.3) is 0 Å². The average Bonchev–Trinajstić information content (AvgIpc) is 2.43. The molecule has 0 saturated carbocycles. The molecule has 0 saturated heterocycles. The van der Waals surface area contributed by atoms with Crippen LogP contribution in [0, 0.1) is 6.92 Å². The summed E-state index contributed by atoms with van der Waals surface area (Å²) in [6.07, 6.45) is 2.61. The molecule has 1 aromatic rings. The molecule has 0 atom stereocenters. The number of rotatable bonds is 4. The number of nitrogen functional groups attached to an aromatic ring is 1. The van der Waals surface area contributed by atoms with Gasteiger partial charge in [0.1, 0.15) is 0 Å². The van der Waals surface area contributed by atoms with Crippen molar-refractivity contribution in [2.45, 2.75) is 18.2 Å². The summed E-state index contributed by atoms with van der Waals surface area (Å²) in [5.41, 5.74) is 8.06. The fraction of sp³-hybridized carbons (Fsp3) is 0.429. The maximum absolute atomic E-state index is 12.8. The van der Waals surface area contributed by atoms with Gasteiger partial charge in [-0.2, -0.15) is 4.31 Å². The number of halogens is 1. The highest BCUT2D eigenvalue weighted by molar-refractivity contribution is 9.10. The molecule has 1 aliphatic rings. The van der Waals surface area contributed by atoms with E-state index in [2.05, 4.69) is 15.9 Å². The fourth-order valence-corrected chi connectivity index (χ4v) is 4.60. The van der Waals surface area contributed by atoms with Gasteiger partial charge in [-0.1, -0.05) is 22.0 Å². The zero-order chi connectivity index (χ0) is 15.6. The summed E-state index contributed by atoms with van der Waals surface area (Å²) in [5, 5.41) is 0. The van der Waals surface area contributed by atoms with Gasteiger partial charge in [0.2, 0.25) is 10.0 Å². The SMILES string of the molecule is COCC1=CCN(S(=O)(=O)c2cc(Br)cc(N)c2C)CC1. The van der Waals surface area contributed by atoms with E-state index in [1.54, 1.807) is 26.2 Å². The van der Waals surface area contributed by atoms with Crippen LogP contribution in [0.15, 0.2) is 33.2 Å². The number of hydrogen-bond acceptors (Lipinski definition) is 4. The van der Waals surface area contributed by atoms with Crippen LogP contribution in [0.4, 0.5) is 5.69 Å². The van der Waals surface area contributed by atoms with Gasteiger partial charge < -0.3 is 10.5 Å². The molecule has 0 aliphatic carbocycles. The van der Waals surface area contributed by atoms with E-state index in [0.717, 1.165) is 5.57 Å². The first-order valence-electron chi connectivity index (χ1n) is 6.59. The molecule has 1 aliphatic heterocycles. The van der Waals surface area contributed by atoms with E-state index in [4.69, 9.17) is 10.5 Å². The van der Waals surface area contributed by atoms with E-state index in [1.165, 1.54) is 4.31 Å². The molecule has 0 fully saturated rings. The van der Waals surface area contributed by atoms with Crippen molar-refractivity contribution in [3.8, 4) is 0 Å². The number of nitrogens with two attached hydrogens (primary N) is 1. The molecule has 1 heterocycles. The Kier molecular flexibility index (Phi) is 5.08. The minimum atomic E-state index is -3.54. The highest BCUT2D eigenvalue weighted by Crippen LogP contribution is 2.29. The van der Waals surface area contributed by atoms with Gasteiger partial charge in [0.05, 0.1) is 11.5 Å². The van der Waals surface area contributed by atoms with E-state index in [-0.39, 0.29) is 4.90 Å². The number of anilines is 1. The Morgan fingerprint density at radius 2 is 2.14 bits per heavy atom. The normalized spacial score (nSPS) is 16.8. The summed E-state index contributed by atoms with van der Waals surface area (Å²) >= 11 is 3.30. The van der Waals surface area contributed by atoms with E-state index < -0.39 is 10.0 Å². The monoisotopic (exact) mass is 374 g/mol. The molecule has 7 heteroatoms. The van der Waals surface area contributed by atoms with Gasteiger partial charge in [-0.05, 0) is 36.6 Å². The van der Waals surface area contributed by atoms with Gasteiger partial charge in [-0.15, -0.1) is 0 Å². The van der Waals surface area contributed by atoms with Crippen LogP contribution in [-0.4, -0.2) is 39.5 Å². The molecule has 2 N–H and O–H groups in total. The Bertz CT molecular complexity index is 671. The van der Waals surface area contributed by atoms with Crippen LogP contribution in [0.3, 0.4) is 0 Å². The number of methoxy groups -OCH3 is 1. The van der Waals surface area contributed by atoms with Crippen molar-refractivity contribution in [2.24, 2.45) is 0 Å². The molecule has 116 valence electrons. The van der Waals surface area contributed by atoms with Gasteiger partial charge in [0.15, 0.2) is 0 Å². The van der Waals surface area contributed by atoms with Crippen molar-refractivity contribution in [1.29, 1.82) is 0 Å². The first-order chi connectivity index (χ1) is 9.86. The predicted molar refractivity (Wildman–Crippen MR) is 86.6 cm³/mol. The topological polar surface area (TPSA) is 72.6 Å². The van der Waals surface area contributed by atoms with Gasteiger partial charge in [-0.25, -0.2) is 8.42 Å². The Balaban J connectivity index is 2.32. The maximum Gasteiger partial charge on any atom is 0.243 e. The predicted octanol–water partition coefficient (Wildman–Crippen LogP) is 2.31. The van der Waals surface area contributed by atoms with Crippen molar-refractivity contribution < 1.29 is 13.2 Å². The smallest absolute Gasteiger partial charge is 0.243 e. The van der Waals surface area contributed by atoms with Crippen LogP contribution in [-0.2, 0) is 14.8 Å². The lowest BCUT2D eigenvalue weighted by Crippen LogP contribution is -2.35. The number of sulfonamides is 1. The molecule has 0 aromatic heterocycles. The third-order valence-electron chi connectivity index (χ3n) is 3.58. The van der Waals surface area contributed by atoms with Crippen molar-refractivity contribution >= 4 is 31.6 Å². The van der Waals surface area contributed by atoms with Crippen molar-refractivity contribution in [2.75, 3.05) is 32.5 Å². The molecule has 1 aromatic carbocycles. The van der Waals surface area contributed by atoms with Crippen LogP contribution in [0.1, 0.15) is 12.0 Å². The zero-order valence-electron chi connectivity index (χ0n) is 12.1. The van der Waals surface area contributed by atoms with E-state index in [9.17, 15) is 8.42 Å². The van der Waals surface area contributed by atoms with Crippen molar-refractivity contribution in [3.63, 3.8) is 0 Å². The standard InChI is InChI=1S/C14H19BrN2O3S/c1-10-13(16)7-12(15)8-14(10)21(18,19)17-5-3-11(4-6-17)9-20-2/h3,7-8H,4-6,9,16H2,1-2H3. The summed E-state index contributed by atoms with van der Waals surface area (Å²) in [4.78, 5) is 0.262. The molecule has 0 amide bonds. The molecule has 0 spiro atoms. The quantitative estimate of drug-likeness (QED) is 0.648. The summed E-state index contributed by atoms with van der Waals surface area (Å²) in [6, 6.07) is 3.32. The molecule has 0 radical (unpaired) electrons. The zero-order valence-corrected chi connectivity index (χ0v) is 14.5. The Hall–Kier alpha value is -0.890. The minimum absolute atomic E-state index is 0.262. The molecule has 21 heavy (non-hydrogen) atoms. The summed E-state index contributed by atoms with van der Waals surface area (Å²) in [7, 11) is -1.90. The first-order valence-corrected chi connectivity index (χ1v) is 8.82. The number of benzene rings is 1. The fourth-order valence-electron chi connectivity index (χ4n) is 2.31. The van der Waals surface area contributed by atoms with Gasteiger partial charge >= 0.3 is 0 Å². The number of nitrogens with zero attached hydrogens (tertiary/aromatic N) is 1. The van der Waals surface area contributed by atoms with Gasteiger partial charge in [0.25, 0.3) is 0 Å². The second kappa shape index (κ2) is 6.48. The lowest BCUT2D eigenvalue weighted by Gasteiger charge is -2.26. The largest absolute Gasteiger partial charge is 0.398 e. The number of ether oxygens (including phenoxy) is 1. The molecule has 0 bridgehead atoms.